The summed E-state index contributed by atoms with van der Waals surface area (Å²) in [7, 11) is 0. The van der Waals surface area contributed by atoms with Crippen molar-refractivity contribution in [1.82, 2.24) is 4.90 Å². The van der Waals surface area contributed by atoms with Crippen molar-refractivity contribution in [2.45, 2.75) is 45.2 Å². The van der Waals surface area contributed by atoms with Gasteiger partial charge in [0.15, 0.2) is 0 Å². The standard InChI is InChI=1S/C16H21NO3/c1-12(16(19)20)17(11-14-6-3-2-4-7-14)15(18)10-13-8-5-9-13/h2-4,6-7,12-13H,5,8-11H2,1H3,(H,19,20). The van der Waals surface area contributed by atoms with Crippen molar-refractivity contribution >= 4 is 11.9 Å². The van der Waals surface area contributed by atoms with Gasteiger partial charge in [-0.1, -0.05) is 36.8 Å². The third-order valence-electron chi connectivity index (χ3n) is 4.03. The van der Waals surface area contributed by atoms with E-state index in [0.717, 1.165) is 18.4 Å². The van der Waals surface area contributed by atoms with Gasteiger partial charge in [-0.2, -0.15) is 0 Å². The van der Waals surface area contributed by atoms with Crippen LogP contribution in [-0.4, -0.2) is 27.9 Å². The van der Waals surface area contributed by atoms with E-state index in [1.807, 2.05) is 30.3 Å². The predicted molar refractivity (Wildman–Crippen MR) is 76.0 cm³/mol. The molecule has 1 N–H and O–H groups in total. The Hall–Kier alpha value is -1.84. The minimum atomic E-state index is -0.956. The van der Waals surface area contributed by atoms with Gasteiger partial charge in [0.1, 0.15) is 6.04 Å². The molecule has 1 unspecified atom stereocenters. The first-order chi connectivity index (χ1) is 9.58. The molecule has 1 aliphatic carbocycles. The number of carbonyl (C=O) groups excluding carboxylic acids is 1. The fraction of sp³-hybridized carbons (Fsp3) is 0.500. The molecule has 0 spiro atoms. The zero-order valence-electron chi connectivity index (χ0n) is 11.8. The summed E-state index contributed by atoms with van der Waals surface area (Å²) in [6, 6.07) is 8.74. The molecule has 1 aromatic rings. The summed E-state index contributed by atoms with van der Waals surface area (Å²) in [5.41, 5.74) is 0.961. The molecule has 4 nitrogen and oxygen atoms in total. The highest BCUT2D eigenvalue weighted by Gasteiger charge is 2.29. The van der Waals surface area contributed by atoms with Crippen LogP contribution in [-0.2, 0) is 16.1 Å². The van der Waals surface area contributed by atoms with Crippen molar-refractivity contribution < 1.29 is 14.7 Å². The topological polar surface area (TPSA) is 57.6 Å². The van der Waals surface area contributed by atoms with Crippen LogP contribution >= 0.6 is 0 Å². The Morgan fingerprint density at radius 1 is 1.30 bits per heavy atom. The Labute approximate surface area is 119 Å². The van der Waals surface area contributed by atoms with Crippen LogP contribution in [0.2, 0.25) is 0 Å². The van der Waals surface area contributed by atoms with Crippen LogP contribution < -0.4 is 0 Å². The first-order valence-corrected chi connectivity index (χ1v) is 7.14. The summed E-state index contributed by atoms with van der Waals surface area (Å²) in [5.74, 6) is -0.557. The van der Waals surface area contributed by atoms with Gasteiger partial charge < -0.3 is 10.0 Å². The van der Waals surface area contributed by atoms with E-state index in [0.29, 0.717) is 18.9 Å². The van der Waals surface area contributed by atoms with Crippen LogP contribution in [0, 0.1) is 5.92 Å². The molecule has 0 saturated heterocycles. The molecular formula is C16H21NO3. The van der Waals surface area contributed by atoms with Gasteiger partial charge in [0.2, 0.25) is 5.91 Å². The van der Waals surface area contributed by atoms with Gasteiger partial charge in [-0.05, 0) is 31.2 Å². The number of carboxylic acids is 1. The maximum absolute atomic E-state index is 12.4. The van der Waals surface area contributed by atoms with Crippen molar-refractivity contribution in [3.05, 3.63) is 35.9 Å². The van der Waals surface area contributed by atoms with Gasteiger partial charge >= 0.3 is 5.97 Å². The van der Waals surface area contributed by atoms with Crippen LogP contribution in [0.5, 0.6) is 0 Å². The van der Waals surface area contributed by atoms with E-state index < -0.39 is 12.0 Å². The van der Waals surface area contributed by atoms with Gasteiger partial charge in [-0.3, -0.25) is 4.79 Å². The Morgan fingerprint density at radius 2 is 1.95 bits per heavy atom. The van der Waals surface area contributed by atoms with Gasteiger partial charge in [0.05, 0.1) is 0 Å². The molecule has 20 heavy (non-hydrogen) atoms. The summed E-state index contributed by atoms with van der Waals surface area (Å²) in [5, 5.41) is 9.19. The average Bonchev–Trinajstić information content (AvgIpc) is 2.40. The van der Waals surface area contributed by atoms with Gasteiger partial charge in [0, 0.05) is 13.0 Å². The van der Waals surface area contributed by atoms with Crippen LogP contribution in [0.3, 0.4) is 0 Å². The van der Waals surface area contributed by atoms with Crippen molar-refractivity contribution in [2.75, 3.05) is 0 Å². The number of nitrogens with zero attached hydrogens (tertiary/aromatic N) is 1. The van der Waals surface area contributed by atoms with Crippen LogP contribution in [0.25, 0.3) is 0 Å². The van der Waals surface area contributed by atoms with Crippen LogP contribution in [0.4, 0.5) is 0 Å². The summed E-state index contributed by atoms with van der Waals surface area (Å²) < 4.78 is 0. The lowest BCUT2D eigenvalue weighted by atomic mass is 9.82. The summed E-state index contributed by atoms with van der Waals surface area (Å²) in [4.78, 5) is 25.1. The van der Waals surface area contributed by atoms with E-state index in [2.05, 4.69) is 0 Å². The van der Waals surface area contributed by atoms with E-state index in [9.17, 15) is 14.7 Å². The molecule has 1 aliphatic rings. The molecule has 1 fully saturated rings. The molecule has 0 aromatic heterocycles. The molecule has 1 atom stereocenters. The molecule has 108 valence electrons. The summed E-state index contributed by atoms with van der Waals surface area (Å²) >= 11 is 0. The van der Waals surface area contributed by atoms with E-state index in [4.69, 9.17) is 0 Å². The Kier molecular flexibility index (Phi) is 4.77. The van der Waals surface area contributed by atoms with Crippen LogP contribution in [0.1, 0.15) is 38.2 Å². The van der Waals surface area contributed by atoms with E-state index in [-0.39, 0.29) is 5.91 Å². The highest BCUT2D eigenvalue weighted by molar-refractivity contribution is 5.83. The fourth-order valence-electron chi connectivity index (χ4n) is 2.42. The summed E-state index contributed by atoms with van der Waals surface area (Å²) in [6.45, 7) is 1.93. The van der Waals surface area contributed by atoms with Crippen molar-refractivity contribution in [1.29, 1.82) is 0 Å². The molecule has 0 heterocycles. The van der Waals surface area contributed by atoms with E-state index >= 15 is 0 Å². The maximum atomic E-state index is 12.4. The SMILES string of the molecule is CC(C(=O)O)N(Cc1ccccc1)C(=O)CC1CCC1. The third-order valence-corrected chi connectivity index (χ3v) is 4.03. The fourth-order valence-corrected chi connectivity index (χ4v) is 2.42. The molecule has 4 heteroatoms. The second kappa shape index (κ2) is 6.55. The lowest BCUT2D eigenvalue weighted by Gasteiger charge is -2.31. The van der Waals surface area contributed by atoms with Crippen molar-refractivity contribution in [2.24, 2.45) is 5.92 Å². The highest BCUT2D eigenvalue weighted by Crippen LogP contribution is 2.30. The smallest absolute Gasteiger partial charge is 0.326 e. The molecule has 1 amide bonds. The quantitative estimate of drug-likeness (QED) is 0.868. The van der Waals surface area contributed by atoms with Gasteiger partial charge in [0.25, 0.3) is 0 Å². The molecule has 1 saturated carbocycles. The molecule has 2 rings (SSSR count). The monoisotopic (exact) mass is 275 g/mol. The molecular weight excluding hydrogens is 254 g/mol. The maximum Gasteiger partial charge on any atom is 0.326 e. The second-order valence-electron chi connectivity index (χ2n) is 5.52. The zero-order chi connectivity index (χ0) is 14.5. The van der Waals surface area contributed by atoms with Crippen LogP contribution in [0.15, 0.2) is 30.3 Å². The number of aliphatic carboxylic acids is 1. The zero-order valence-corrected chi connectivity index (χ0v) is 11.8. The number of rotatable bonds is 6. The number of benzene rings is 1. The van der Waals surface area contributed by atoms with E-state index in [1.165, 1.54) is 11.3 Å². The van der Waals surface area contributed by atoms with Crippen molar-refractivity contribution in [3.8, 4) is 0 Å². The Morgan fingerprint density at radius 3 is 2.45 bits per heavy atom. The van der Waals surface area contributed by atoms with E-state index in [1.54, 1.807) is 6.92 Å². The molecule has 0 bridgehead atoms. The number of amides is 1. The third kappa shape index (κ3) is 3.59. The summed E-state index contributed by atoms with van der Waals surface area (Å²) in [6.07, 6.45) is 3.84. The number of hydrogen-bond acceptors (Lipinski definition) is 2. The second-order valence-corrected chi connectivity index (χ2v) is 5.52. The van der Waals surface area contributed by atoms with Gasteiger partial charge in [-0.15, -0.1) is 0 Å². The predicted octanol–water partition coefficient (Wildman–Crippen LogP) is 2.68. The first kappa shape index (κ1) is 14.6. The minimum absolute atomic E-state index is 0.0477. The van der Waals surface area contributed by atoms with Gasteiger partial charge in [-0.25, -0.2) is 4.79 Å². The number of hydrogen-bond donors (Lipinski definition) is 1. The lowest BCUT2D eigenvalue weighted by Crippen LogP contribution is -2.43. The lowest BCUT2D eigenvalue weighted by molar-refractivity contribution is -0.150. The Bertz CT molecular complexity index is 468. The number of carboxylic acid groups (broad SMARTS) is 1. The molecule has 0 aliphatic heterocycles. The number of carbonyl (C=O) groups is 2. The normalized spacial score (nSPS) is 16.2. The largest absolute Gasteiger partial charge is 0.480 e. The Balaban J connectivity index is 2.07. The molecule has 0 radical (unpaired) electrons. The van der Waals surface area contributed by atoms with Crippen molar-refractivity contribution in [3.63, 3.8) is 0 Å². The highest BCUT2D eigenvalue weighted by atomic mass is 16.4. The average molecular weight is 275 g/mol. The first-order valence-electron chi connectivity index (χ1n) is 7.14. The molecule has 1 aromatic carbocycles. The minimum Gasteiger partial charge on any atom is -0.480 e.